The first-order chi connectivity index (χ1) is 9.36. The Balaban J connectivity index is 2.36. The molecular formula is C12H18N4O3S. The fourth-order valence-electron chi connectivity index (χ4n) is 2.20. The van der Waals surface area contributed by atoms with Crippen LogP contribution in [-0.4, -0.2) is 40.5 Å². The van der Waals surface area contributed by atoms with Gasteiger partial charge in [0.1, 0.15) is 10.9 Å². The zero-order valence-corrected chi connectivity index (χ0v) is 12.2. The fourth-order valence-corrected chi connectivity index (χ4v) is 3.04. The molecule has 7 nitrogen and oxygen atoms in total. The van der Waals surface area contributed by atoms with Crippen LogP contribution in [0.5, 0.6) is 0 Å². The average molecular weight is 298 g/mol. The summed E-state index contributed by atoms with van der Waals surface area (Å²) in [4.78, 5) is 13.6. The van der Waals surface area contributed by atoms with Gasteiger partial charge in [-0.3, -0.25) is 4.79 Å². The minimum Gasteiger partial charge on any atom is -0.398 e. The zero-order chi connectivity index (χ0) is 14.9. The lowest BCUT2D eigenvalue weighted by molar-refractivity contribution is -0.122. The van der Waals surface area contributed by atoms with E-state index in [2.05, 4.69) is 10.0 Å². The van der Waals surface area contributed by atoms with E-state index in [-0.39, 0.29) is 22.5 Å². The summed E-state index contributed by atoms with van der Waals surface area (Å²) in [6.07, 6.45) is 0. The van der Waals surface area contributed by atoms with Crippen molar-refractivity contribution in [2.75, 3.05) is 30.8 Å². The van der Waals surface area contributed by atoms with Crippen LogP contribution >= 0.6 is 0 Å². The molecule has 1 heterocycles. The van der Waals surface area contributed by atoms with Crippen molar-refractivity contribution in [3.8, 4) is 0 Å². The number of hydrogen-bond donors (Lipinski definition) is 3. The Morgan fingerprint density at radius 2 is 2.15 bits per heavy atom. The second kappa shape index (κ2) is 5.29. The summed E-state index contributed by atoms with van der Waals surface area (Å²) in [6, 6.07) is 4.39. The number of nitrogens with one attached hydrogen (secondary N) is 2. The normalized spacial score (nSPS) is 19.8. The third-order valence-electron chi connectivity index (χ3n) is 3.38. The Bertz CT molecular complexity index is 630. The number of carbonyl (C=O) groups excluding carboxylic acids is 1. The first kappa shape index (κ1) is 14.6. The largest absolute Gasteiger partial charge is 0.398 e. The fraction of sp³-hybridized carbons (Fsp3) is 0.417. The van der Waals surface area contributed by atoms with Gasteiger partial charge in [-0.1, -0.05) is 0 Å². The maximum absolute atomic E-state index is 11.8. The Morgan fingerprint density at radius 1 is 1.45 bits per heavy atom. The molecule has 2 rings (SSSR count). The van der Waals surface area contributed by atoms with Gasteiger partial charge in [0.25, 0.3) is 0 Å². The Labute approximate surface area is 118 Å². The maximum atomic E-state index is 11.8. The van der Waals surface area contributed by atoms with E-state index in [0.29, 0.717) is 13.1 Å². The summed E-state index contributed by atoms with van der Waals surface area (Å²) in [5.74, 6) is -0.0539. The summed E-state index contributed by atoms with van der Waals surface area (Å²) in [6.45, 7) is 3.01. The molecule has 1 aliphatic rings. The predicted octanol–water partition coefficient (Wildman–Crippen LogP) is -0.498. The molecule has 0 saturated carbocycles. The van der Waals surface area contributed by atoms with Crippen molar-refractivity contribution in [2.45, 2.75) is 17.9 Å². The van der Waals surface area contributed by atoms with Gasteiger partial charge in [-0.15, -0.1) is 0 Å². The molecule has 1 saturated heterocycles. The number of amides is 1. The van der Waals surface area contributed by atoms with Crippen LogP contribution in [0.1, 0.15) is 6.92 Å². The van der Waals surface area contributed by atoms with Crippen molar-refractivity contribution in [1.82, 2.24) is 10.0 Å². The van der Waals surface area contributed by atoms with Crippen LogP contribution in [0.2, 0.25) is 0 Å². The topological polar surface area (TPSA) is 105 Å². The SMILES string of the molecule is CNS(=O)(=O)c1ccc(N2CCNC(=O)C2C)cc1N. The summed E-state index contributed by atoms with van der Waals surface area (Å²) in [5.41, 5.74) is 6.72. The molecule has 1 amide bonds. The monoisotopic (exact) mass is 298 g/mol. The highest BCUT2D eigenvalue weighted by Gasteiger charge is 2.26. The minimum atomic E-state index is -3.57. The van der Waals surface area contributed by atoms with E-state index < -0.39 is 10.0 Å². The Hall–Kier alpha value is -1.80. The highest BCUT2D eigenvalue weighted by atomic mass is 32.2. The summed E-state index contributed by atoms with van der Waals surface area (Å²) in [5, 5.41) is 2.77. The van der Waals surface area contributed by atoms with E-state index in [4.69, 9.17) is 5.73 Å². The molecule has 1 aromatic carbocycles. The van der Waals surface area contributed by atoms with Crippen molar-refractivity contribution < 1.29 is 13.2 Å². The van der Waals surface area contributed by atoms with Crippen LogP contribution in [0, 0.1) is 0 Å². The summed E-state index contributed by atoms with van der Waals surface area (Å²) < 4.78 is 25.7. The van der Waals surface area contributed by atoms with Crippen molar-refractivity contribution in [3.05, 3.63) is 18.2 Å². The van der Waals surface area contributed by atoms with Crippen molar-refractivity contribution in [1.29, 1.82) is 0 Å². The number of sulfonamides is 1. The van der Waals surface area contributed by atoms with Gasteiger partial charge >= 0.3 is 0 Å². The standard InChI is InChI=1S/C12H18N4O3S/c1-8-12(17)15-5-6-16(8)9-3-4-11(10(13)7-9)20(18,19)14-2/h3-4,7-8,14H,5-6,13H2,1-2H3,(H,15,17). The molecule has 1 aromatic rings. The summed E-state index contributed by atoms with van der Waals surface area (Å²) in [7, 11) is -2.24. The Morgan fingerprint density at radius 3 is 2.75 bits per heavy atom. The molecule has 1 aliphatic heterocycles. The van der Waals surface area contributed by atoms with Crippen LogP contribution in [0.3, 0.4) is 0 Å². The highest BCUT2D eigenvalue weighted by Crippen LogP contribution is 2.26. The first-order valence-electron chi connectivity index (χ1n) is 6.24. The highest BCUT2D eigenvalue weighted by molar-refractivity contribution is 7.89. The van der Waals surface area contributed by atoms with Gasteiger partial charge in [0, 0.05) is 18.8 Å². The van der Waals surface area contributed by atoms with E-state index in [1.807, 2.05) is 4.90 Å². The van der Waals surface area contributed by atoms with E-state index in [1.165, 1.54) is 13.1 Å². The first-order valence-corrected chi connectivity index (χ1v) is 7.72. The van der Waals surface area contributed by atoms with Crippen molar-refractivity contribution >= 4 is 27.3 Å². The lowest BCUT2D eigenvalue weighted by atomic mass is 10.1. The van der Waals surface area contributed by atoms with Crippen molar-refractivity contribution in [3.63, 3.8) is 0 Å². The number of hydrogen-bond acceptors (Lipinski definition) is 5. The van der Waals surface area contributed by atoms with Gasteiger partial charge in [0.15, 0.2) is 0 Å². The molecule has 1 unspecified atom stereocenters. The number of benzene rings is 1. The van der Waals surface area contributed by atoms with E-state index in [9.17, 15) is 13.2 Å². The molecule has 0 radical (unpaired) electrons. The maximum Gasteiger partial charge on any atom is 0.242 e. The molecule has 0 aromatic heterocycles. The van der Waals surface area contributed by atoms with Crippen LogP contribution in [0.25, 0.3) is 0 Å². The van der Waals surface area contributed by atoms with E-state index in [1.54, 1.807) is 19.1 Å². The molecule has 0 bridgehead atoms. The van der Waals surface area contributed by atoms with E-state index >= 15 is 0 Å². The molecule has 1 fully saturated rings. The predicted molar refractivity (Wildman–Crippen MR) is 76.9 cm³/mol. The van der Waals surface area contributed by atoms with Gasteiger partial charge in [0.05, 0.1) is 5.69 Å². The van der Waals surface area contributed by atoms with Gasteiger partial charge in [-0.2, -0.15) is 0 Å². The zero-order valence-electron chi connectivity index (χ0n) is 11.4. The quantitative estimate of drug-likeness (QED) is 0.653. The number of nitrogens with zero attached hydrogens (tertiary/aromatic N) is 1. The summed E-state index contributed by atoms with van der Waals surface area (Å²) >= 11 is 0. The number of rotatable bonds is 3. The lowest BCUT2D eigenvalue weighted by Crippen LogP contribution is -2.54. The van der Waals surface area contributed by atoms with Crippen LogP contribution in [0.4, 0.5) is 11.4 Å². The molecule has 110 valence electrons. The Kier molecular flexibility index (Phi) is 3.87. The van der Waals surface area contributed by atoms with Gasteiger partial charge in [-0.25, -0.2) is 13.1 Å². The lowest BCUT2D eigenvalue weighted by Gasteiger charge is -2.34. The number of nitrogen functional groups attached to an aromatic ring is 1. The molecule has 8 heteroatoms. The third kappa shape index (κ3) is 2.56. The number of piperazine rings is 1. The molecule has 0 aliphatic carbocycles. The molecule has 20 heavy (non-hydrogen) atoms. The van der Waals surface area contributed by atoms with Crippen LogP contribution < -0.4 is 20.7 Å². The van der Waals surface area contributed by atoms with Crippen LogP contribution in [-0.2, 0) is 14.8 Å². The smallest absolute Gasteiger partial charge is 0.242 e. The molecule has 1 atom stereocenters. The third-order valence-corrected chi connectivity index (χ3v) is 4.87. The number of carbonyl (C=O) groups is 1. The van der Waals surface area contributed by atoms with Gasteiger partial charge < -0.3 is 16.0 Å². The minimum absolute atomic E-state index is 0.0397. The molecule has 4 N–H and O–H groups in total. The number of anilines is 2. The molecule has 0 spiro atoms. The van der Waals surface area contributed by atoms with Gasteiger partial charge in [0.2, 0.25) is 15.9 Å². The second-order valence-electron chi connectivity index (χ2n) is 4.59. The average Bonchev–Trinajstić information content (AvgIpc) is 2.41. The van der Waals surface area contributed by atoms with E-state index in [0.717, 1.165) is 5.69 Å². The molecular weight excluding hydrogens is 280 g/mol. The van der Waals surface area contributed by atoms with Gasteiger partial charge in [-0.05, 0) is 32.2 Å². The van der Waals surface area contributed by atoms with Crippen molar-refractivity contribution in [2.24, 2.45) is 0 Å². The van der Waals surface area contributed by atoms with Crippen LogP contribution in [0.15, 0.2) is 23.1 Å². The number of nitrogens with two attached hydrogens (primary N) is 1. The second-order valence-corrected chi connectivity index (χ2v) is 6.45.